The summed E-state index contributed by atoms with van der Waals surface area (Å²) in [5, 5.41) is 2.75. The van der Waals surface area contributed by atoms with E-state index < -0.39 is 21.7 Å². The maximum absolute atomic E-state index is 14.3. The number of ether oxygens (including phenoxy) is 3. The number of anilines is 1. The highest BCUT2D eigenvalue weighted by Gasteiger charge is 2.27. The Morgan fingerprint density at radius 1 is 1.13 bits per heavy atom. The molecule has 0 heterocycles. The number of hydrogen-bond acceptors (Lipinski definition) is 6. The smallest absolute Gasteiger partial charge is 0.253 e. The standard InChI is InChI=1S/C21H27FN2O6S/c1-14(13-28-2)23-21(25)16-10-19(29-3)20(30-4)11-18(16)24(31(5,26)27)12-15-8-6-7-9-17(15)22/h6-11,14H,12-13H2,1-5H3,(H,23,25). The van der Waals surface area contributed by atoms with Gasteiger partial charge in [-0.25, -0.2) is 12.8 Å². The molecule has 1 N–H and O–H groups in total. The molecule has 0 aliphatic rings. The zero-order valence-corrected chi connectivity index (χ0v) is 19.0. The second kappa shape index (κ2) is 10.5. The predicted octanol–water partition coefficient (Wildman–Crippen LogP) is 2.57. The van der Waals surface area contributed by atoms with Crippen molar-refractivity contribution in [1.29, 1.82) is 0 Å². The van der Waals surface area contributed by atoms with E-state index in [9.17, 15) is 17.6 Å². The van der Waals surface area contributed by atoms with Crippen molar-refractivity contribution in [3.05, 3.63) is 53.3 Å². The fourth-order valence-electron chi connectivity index (χ4n) is 3.01. The third-order valence-corrected chi connectivity index (χ3v) is 5.61. The van der Waals surface area contributed by atoms with E-state index in [-0.39, 0.29) is 47.5 Å². The molecule has 0 aromatic heterocycles. The minimum absolute atomic E-state index is 0.0300. The average molecular weight is 455 g/mol. The maximum Gasteiger partial charge on any atom is 0.253 e. The zero-order valence-electron chi connectivity index (χ0n) is 18.1. The Bertz CT molecular complexity index is 1030. The number of amides is 1. The summed E-state index contributed by atoms with van der Waals surface area (Å²) in [7, 11) is 0.393. The molecule has 0 saturated heterocycles. The van der Waals surface area contributed by atoms with Gasteiger partial charge >= 0.3 is 0 Å². The second-order valence-corrected chi connectivity index (χ2v) is 8.82. The van der Waals surface area contributed by atoms with Crippen molar-refractivity contribution in [2.75, 3.05) is 38.5 Å². The van der Waals surface area contributed by atoms with E-state index in [0.29, 0.717) is 0 Å². The van der Waals surface area contributed by atoms with Crippen molar-refractivity contribution in [1.82, 2.24) is 5.32 Å². The summed E-state index contributed by atoms with van der Waals surface area (Å²) in [4.78, 5) is 13.0. The molecular weight excluding hydrogens is 427 g/mol. The Balaban J connectivity index is 2.65. The highest BCUT2D eigenvalue weighted by molar-refractivity contribution is 7.92. The number of nitrogens with zero attached hydrogens (tertiary/aromatic N) is 1. The molecule has 1 amide bonds. The number of halogens is 1. The highest BCUT2D eigenvalue weighted by atomic mass is 32.2. The lowest BCUT2D eigenvalue weighted by molar-refractivity contribution is 0.0906. The minimum Gasteiger partial charge on any atom is -0.493 e. The van der Waals surface area contributed by atoms with E-state index in [1.165, 1.54) is 51.7 Å². The fourth-order valence-corrected chi connectivity index (χ4v) is 3.89. The average Bonchev–Trinajstić information content (AvgIpc) is 2.71. The van der Waals surface area contributed by atoms with Crippen molar-refractivity contribution in [2.24, 2.45) is 0 Å². The monoisotopic (exact) mass is 454 g/mol. The minimum atomic E-state index is -3.91. The third-order valence-electron chi connectivity index (χ3n) is 4.48. The zero-order chi connectivity index (χ0) is 23.2. The van der Waals surface area contributed by atoms with Gasteiger partial charge in [0.1, 0.15) is 5.82 Å². The number of carbonyl (C=O) groups is 1. The van der Waals surface area contributed by atoms with Crippen LogP contribution in [0.1, 0.15) is 22.8 Å². The molecule has 31 heavy (non-hydrogen) atoms. The molecule has 0 aliphatic carbocycles. The first-order chi connectivity index (χ1) is 14.6. The second-order valence-electron chi connectivity index (χ2n) is 6.92. The van der Waals surface area contributed by atoms with Gasteiger partial charge in [-0.05, 0) is 19.1 Å². The largest absolute Gasteiger partial charge is 0.493 e. The quantitative estimate of drug-likeness (QED) is 0.593. The lowest BCUT2D eigenvalue weighted by atomic mass is 10.1. The third kappa shape index (κ3) is 6.08. The normalized spacial score (nSPS) is 12.2. The number of carbonyl (C=O) groups excluding carboxylic acids is 1. The van der Waals surface area contributed by atoms with Crippen LogP contribution in [0.5, 0.6) is 11.5 Å². The van der Waals surface area contributed by atoms with Crippen molar-refractivity contribution in [3.63, 3.8) is 0 Å². The molecule has 0 bridgehead atoms. The van der Waals surface area contributed by atoms with E-state index in [4.69, 9.17) is 14.2 Å². The molecule has 2 aromatic carbocycles. The number of nitrogens with one attached hydrogen (secondary N) is 1. The molecule has 0 radical (unpaired) electrons. The van der Waals surface area contributed by atoms with Crippen molar-refractivity contribution in [3.8, 4) is 11.5 Å². The van der Waals surface area contributed by atoms with E-state index >= 15 is 0 Å². The summed E-state index contributed by atoms with van der Waals surface area (Å²) in [5.74, 6) is -0.629. The molecule has 10 heteroatoms. The molecule has 0 spiro atoms. The van der Waals surface area contributed by atoms with Gasteiger partial charge in [-0.3, -0.25) is 9.10 Å². The molecule has 0 saturated carbocycles. The first-order valence-electron chi connectivity index (χ1n) is 9.39. The van der Waals surface area contributed by atoms with E-state index in [1.54, 1.807) is 13.0 Å². The molecular formula is C21H27FN2O6S. The summed E-state index contributed by atoms with van der Waals surface area (Å²) in [6.45, 7) is 1.70. The Morgan fingerprint density at radius 2 is 1.74 bits per heavy atom. The first-order valence-corrected chi connectivity index (χ1v) is 11.2. The van der Waals surface area contributed by atoms with Crippen LogP contribution in [0.3, 0.4) is 0 Å². The van der Waals surface area contributed by atoms with Crippen LogP contribution in [-0.2, 0) is 21.3 Å². The molecule has 0 aliphatic heterocycles. The molecule has 1 atom stereocenters. The van der Waals surface area contributed by atoms with Crippen LogP contribution in [0.2, 0.25) is 0 Å². The summed E-state index contributed by atoms with van der Waals surface area (Å²) in [6, 6.07) is 8.28. The highest BCUT2D eigenvalue weighted by Crippen LogP contribution is 2.37. The van der Waals surface area contributed by atoms with Crippen LogP contribution < -0.4 is 19.1 Å². The molecule has 2 rings (SSSR count). The SMILES string of the molecule is COCC(C)NC(=O)c1cc(OC)c(OC)cc1N(Cc1ccccc1F)S(C)(=O)=O. The topological polar surface area (TPSA) is 94.2 Å². The van der Waals surface area contributed by atoms with Gasteiger partial charge in [0.2, 0.25) is 10.0 Å². The Hall–Kier alpha value is -2.85. The van der Waals surface area contributed by atoms with Gasteiger partial charge in [-0.1, -0.05) is 18.2 Å². The van der Waals surface area contributed by atoms with Gasteiger partial charge in [0, 0.05) is 24.8 Å². The van der Waals surface area contributed by atoms with Crippen LogP contribution in [0.25, 0.3) is 0 Å². The van der Waals surface area contributed by atoms with Crippen LogP contribution in [-0.4, -0.2) is 54.6 Å². The number of methoxy groups -OCH3 is 3. The van der Waals surface area contributed by atoms with E-state index in [0.717, 1.165) is 10.6 Å². The molecule has 2 aromatic rings. The van der Waals surface area contributed by atoms with Crippen LogP contribution in [0.15, 0.2) is 36.4 Å². The van der Waals surface area contributed by atoms with Gasteiger partial charge in [0.05, 0.1) is 44.9 Å². The summed E-state index contributed by atoms with van der Waals surface area (Å²) < 4.78 is 56.2. The van der Waals surface area contributed by atoms with Crippen molar-refractivity contribution >= 4 is 21.6 Å². The Kier molecular flexibility index (Phi) is 8.23. The Labute approximate surface area is 182 Å². The molecule has 1 unspecified atom stereocenters. The van der Waals surface area contributed by atoms with E-state index in [2.05, 4.69) is 5.32 Å². The predicted molar refractivity (Wildman–Crippen MR) is 116 cm³/mol. The summed E-state index contributed by atoms with van der Waals surface area (Å²) in [6.07, 6.45) is 0.986. The van der Waals surface area contributed by atoms with Crippen LogP contribution in [0, 0.1) is 5.82 Å². The fraction of sp³-hybridized carbons (Fsp3) is 0.381. The molecule has 170 valence electrons. The number of rotatable bonds is 10. The Morgan fingerprint density at radius 3 is 2.29 bits per heavy atom. The van der Waals surface area contributed by atoms with Gasteiger partial charge in [-0.15, -0.1) is 0 Å². The lowest BCUT2D eigenvalue weighted by Gasteiger charge is -2.26. The molecule has 0 fully saturated rings. The van der Waals surface area contributed by atoms with Gasteiger partial charge in [0.25, 0.3) is 5.91 Å². The van der Waals surface area contributed by atoms with Crippen molar-refractivity contribution < 1.29 is 31.8 Å². The molecule has 8 nitrogen and oxygen atoms in total. The summed E-state index contributed by atoms with van der Waals surface area (Å²) in [5.41, 5.74) is 0.217. The van der Waals surface area contributed by atoms with Gasteiger partial charge < -0.3 is 19.5 Å². The number of sulfonamides is 1. The van der Waals surface area contributed by atoms with Crippen LogP contribution >= 0.6 is 0 Å². The van der Waals surface area contributed by atoms with E-state index in [1.807, 2.05) is 0 Å². The summed E-state index contributed by atoms with van der Waals surface area (Å²) >= 11 is 0. The van der Waals surface area contributed by atoms with Gasteiger partial charge in [-0.2, -0.15) is 0 Å². The maximum atomic E-state index is 14.3. The van der Waals surface area contributed by atoms with Crippen LogP contribution in [0.4, 0.5) is 10.1 Å². The van der Waals surface area contributed by atoms with Gasteiger partial charge in [0.15, 0.2) is 11.5 Å². The number of benzene rings is 2. The lowest BCUT2D eigenvalue weighted by Crippen LogP contribution is -2.37. The van der Waals surface area contributed by atoms with Crippen molar-refractivity contribution in [2.45, 2.75) is 19.5 Å². The number of hydrogen-bond donors (Lipinski definition) is 1. The first kappa shape index (κ1) is 24.4.